The molecule has 0 spiro atoms. The molecule has 124 valence electrons. The Hall–Kier alpha value is -1.37. The molecule has 1 amide bonds. The van der Waals surface area contributed by atoms with Gasteiger partial charge in [0.15, 0.2) is 5.69 Å². The largest absolute Gasteiger partial charge is 0.320 e. The van der Waals surface area contributed by atoms with Crippen molar-refractivity contribution in [3.05, 3.63) is 46.2 Å². The summed E-state index contributed by atoms with van der Waals surface area (Å²) in [5.41, 5.74) is 2.27. The zero-order chi connectivity index (χ0) is 15.5. The molecule has 0 bridgehead atoms. The van der Waals surface area contributed by atoms with Gasteiger partial charge in [0, 0.05) is 22.9 Å². The smallest absolute Gasteiger partial charge is 0.276 e. The van der Waals surface area contributed by atoms with Gasteiger partial charge >= 0.3 is 0 Å². The molecule has 2 heterocycles. The SMILES string of the molecule is Cc1ccc(Br)cc1NC(=O)c1ccn(C2CCCNC2)n1.Cl. The molecule has 5 nitrogen and oxygen atoms in total. The number of rotatable bonds is 3. The van der Waals surface area contributed by atoms with Crippen molar-refractivity contribution in [2.45, 2.75) is 25.8 Å². The van der Waals surface area contributed by atoms with Crippen LogP contribution >= 0.6 is 28.3 Å². The van der Waals surface area contributed by atoms with E-state index in [0.717, 1.165) is 41.7 Å². The first-order valence-corrected chi connectivity index (χ1v) is 8.26. The number of piperidine rings is 1. The normalized spacial score (nSPS) is 17.4. The summed E-state index contributed by atoms with van der Waals surface area (Å²) < 4.78 is 2.83. The number of aryl methyl sites for hydroxylation is 1. The lowest BCUT2D eigenvalue weighted by Crippen LogP contribution is -2.32. The average molecular weight is 400 g/mol. The van der Waals surface area contributed by atoms with Crippen LogP contribution in [0.2, 0.25) is 0 Å². The molecule has 23 heavy (non-hydrogen) atoms. The van der Waals surface area contributed by atoms with Gasteiger partial charge in [-0.3, -0.25) is 9.48 Å². The second-order valence-electron chi connectivity index (χ2n) is 5.59. The fourth-order valence-electron chi connectivity index (χ4n) is 2.64. The summed E-state index contributed by atoms with van der Waals surface area (Å²) in [6, 6.07) is 7.93. The maximum absolute atomic E-state index is 12.4. The summed E-state index contributed by atoms with van der Waals surface area (Å²) in [5.74, 6) is -0.177. The lowest BCUT2D eigenvalue weighted by Gasteiger charge is -2.22. The first-order chi connectivity index (χ1) is 10.6. The number of hydrogen-bond donors (Lipinski definition) is 2. The van der Waals surface area contributed by atoms with Gasteiger partial charge < -0.3 is 10.6 Å². The fraction of sp³-hybridized carbons (Fsp3) is 0.375. The van der Waals surface area contributed by atoms with Gasteiger partial charge in [0.1, 0.15) is 0 Å². The van der Waals surface area contributed by atoms with Gasteiger partial charge in [-0.25, -0.2) is 0 Å². The number of anilines is 1. The van der Waals surface area contributed by atoms with Crippen LogP contribution in [0.1, 0.15) is 34.9 Å². The maximum Gasteiger partial charge on any atom is 0.276 e. The Labute approximate surface area is 150 Å². The third-order valence-corrected chi connectivity index (χ3v) is 4.43. The minimum absolute atomic E-state index is 0. The molecule has 0 saturated carbocycles. The highest BCUT2D eigenvalue weighted by Crippen LogP contribution is 2.21. The number of benzene rings is 1. The molecule has 1 aromatic carbocycles. The van der Waals surface area contributed by atoms with E-state index >= 15 is 0 Å². The highest BCUT2D eigenvalue weighted by atomic mass is 79.9. The van der Waals surface area contributed by atoms with E-state index in [9.17, 15) is 4.79 Å². The number of halogens is 2. The molecule has 1 fully saturated rings. The summed E-state index contributed by atoms with van der Waals surface area (Å²) in [6.45, 7) is 3.94. The van der Waals surface area contributed by atoms with Gasteiger partial charge in [0.2, 0.25) is 0 Å². The van der Waals surface area contributed by atoms with Crippen LogP contribution in [-0.4, -0.2) is 28.8 Å². The van der Waals surface area contributed by atoms with E-state index in [1.54, 1.807) is 6.07 Å². The third kappa shape index (κ3) is 4.34. The van der Waals surface area contributed by atoms with Crippen LogP contribution in [-0.2, 0) is 0 Å². The molecule has 1 aliphatic heterocycles. The average Bonchev–Trinajstić information content (AvgIpc) is 3.02. The third-order valence-electron chi connectivity index (χ3n) is 3.93. The van der Waals surface area contributed by atoms with Gasteiger partial charge in [-0.2, -0.15) is 5.10 Å². The second-order valence-corrected chi connectivity index (χ2v) is 6.51. The minimum Gasteiger partial charge on any atom is -0.320 e. The summed E-state index contributed by atoms with van der Waals surface area (Å²) in [7, 11) is 0. The van der Waals surface area contributed by atoms with Crippen molar-refractivity contribution in [3.63, 3.8) is 0 Å². The van der Waals surface area contributed by atoms with Crippen LogP contribution in [0.25, 0.3) is 0 Å². The zero-order valence-corrected chi connectivity index (χ0v) is 15.3. The summed E-state index contributed by atoms with van der Waals surface area (Å²) in [5, 5.41) is 10.7. The van der Waals surface area contributed by atoms with Gasteiger partial charge in [-0.15, -0.1) is 12.4 Å². The van der Waals surface area contributed by atoms with E-state index in [-0.39, 0.29) is 18.3 Å². The molecule has 7 heteroatoms. The highest BCUT2D eigenvalue weighted by Gasteiger charge is 2.18. The standard InChI is InChI=1S/C16H19BrN4O.ClH/c1-11-4-5-12(17)9-15(11)19-16(22)14-6-8-21(20-14)13-3-2-7-18-10-13;/h4-6,8-9,13,18H,2-3,7,10H2,1H3,(H,19,22);1H. The summed E-state index contributed by atoms with van der Waals surface area (Å²) in [6.07, 6.45) is 4.13. The monoisotopic (exact) mass is 398 g/mol. The van der Waals surface area contributed by atoms with E-state index in [0.29, 0.717) is 11.7 Å². The Balaban J connectivity index is 0.00000192. The molecule has 1 atom stereocenters. The van der Waals surface area contributed by atoms with Crippen LogP contribution in [0.15, 0.2) is 34.9 Å². The Morgan fingerprint density at radius 2 is 2.26 bits per heavy atom. The Bertz CT molecular complexity index is 682. The van der Waals surface area contributed by atoms with Crippen molar-refractivity contribution in [1.82, 2.24) is 15.1 Å². The Kier molecular flexibility index (Phi) is 6.21. The van der Waals surface area contributed by atoms with Gasteiger partial charge in [0.05, 0.1) is 6.04 Å². The zero-order valence-electron chi connectivity index (χ0n) is 12.9. The molecular formula is C16H20BrClN4O. The van der Waals surface area contributed by atoms with Crippen LogP contribution in [0.3, 0.4) is 0 Å². The van der Waals surface area contributed by atoms with Crippen molar-refractivity contribution in [1.29, 1.82) is 0 Å². The molecule has 1 aliphatic rings. The Morgan fingerprint density at radius 1 is 1.43 bits per heavy atom. The van der Waals surface area contributed by atoms with Crippen LogP contribution in [0, 0.1) is 6.92 Å². The molecular weight excluding hydrogens is 380 g/mol. The topological polar surface area (TPSA) is 59.0 Å². The molecule has 2 N–H and O–H groups in total. The van der Waals surface area contributed by atoms with E-state index < -0.39 is 0 Å². The van der Waals surface area contributed by atoms with Gasteiger partial charge in [-0.1, -0.05) is 22.0 Å². The van der Waals surface area contributed by atoms with Gasteiger partial charge in [-0.05, 0) is 50.1 Å². The number of amides is 1. The molecule has 2 aromatic rings. The van der Waals surface area contributed by atoms with Gasteiger partial charge in [0.25, 0.3) is 5.91 Å². The maximum atomic E-state index is 12.4. The van der Waals surface area contributed by atoms with Crippen molar-refractivity contribution >= 4 is 39.9 Å². The van der Waals surface area contributed by atoms with E-state index in [1.807, 2.05) is 36.0 Å². The number of aromatic nitrogens is 2. The Morgan fingerprint density at radius 3 is 3.00 bits per heavy atom. The molecule has 3 rings (SSSR count). The quantitative estimate of drug-likeness (QED) is 0.830. The predicted molar refractivity (Wildman–Crippen MR) is 97.4 cm³/mol. The first kappa shape index (κ1) is 18.0. The molecule has 0 aliphatic carbocycles. The van der Waals surface area contributed by atoms with E-state index in [2.05, 4.69) is 31.7 Å². The lowest BCUT2D eigenvalue weighted by atomic mass is 10.1. The van der Waals surface area contributed by atoms with Crippen LogP contribution in [0.4, 0.5) is 5.69 Å². The lowest BCUT2D eigenvalue weighted by molar-refractivity contribution is 0.102. The van der Waals surface area contributed by atoms with Crippen LogP contribution in [0.5, 0.6) is 0 Å². The van der Waals surface area contributed by atoms with E-state index in [4.69, 9.17) is 0 Å². The fourth-order valence-corrected chi connectivity index (χ4v) is 3.00. The van der Waals surface area contributed by atoms with Crippen molar-refractivity contribution < 1.29 is 4.79 Å². The number of hydrogen-bond acceptors (Lipinski definition) is 3. The predicted octanol–water partition coefficient (Wildman–Crippen LogP) is 3.55. The number of nitrogens with zero attached hydrogens (tertiary/aromatic N) is 2. The minimum atomic E-state index is -0.177. The number of carbonyl (C=O) groups excluding carboxylic acids is 1. The molecule has 1 aromatic heterocycles. The summed E-state index contributed by atoms with van der Waals surface area (Å²) >= 11 is 3.42. The van der Waals surface area contributed by atoms with Crippen molar-refractivity contribution in [2.24, 2.45) is 0 Å². The number of nitrogens with one attached hydrogen (secondary N) is 2. The molecule has 1 saturated heterocycles. The molecule has 1 unspecified atom stereocenters. The highest BCUT2D eigenvalue weighted by molar-refractivity contribution is 9.10. The van der Waals surface area contributed by atoms with Crippen LogP contribution < -0.4 is 10.6 Å². The first-order valence-electron chi connectivity index (χ1n) is 7.47. The molecule has 0 radical (unpaired) electrons. The van der Waals surface area contributed by atoms with Crippen molar-refractivity contribution in [3.8, 4) is 0 Å². The summed E-state index contributed by atoms with van der Waals surface area (Å²) in [4.78, 5) is 12.4. The second kappa shape index (κ2) is 7.95. The van der Waals surface area contributed by atoms with Crippen molar-refractivity contribution in [2.75, 3.05) is 18.4 Å². The van der Waals surface area contributed by atoms with E-state index in [1.165, 1.54) is 0 Å². The number of carbonyl (C=O) groups is 1.